The molecular weight excluding hydrogens is 404 g/mol. The van der Waals surface area contributed by atoms with Crippen molar-refractivity contribution >= 4 is 5.91 Å². The van der Waals surface area contributed by atoms with Gasteiger partial charge in [0.25, 0.3) is 0 Å². The summed E-state index contributed by atoms with van der Waals surface area (Å²) in [5, 5.41) is 20.2. The average molecular weight is 431 g/mol. The van der Waals surface area contributed by atoms with Crippen molar-refractivity contribution in [3.05, 3.63) is 47.2 Å². The fourth-order valence-electron chi connectivity index (χ4n) is 5.25. The van der Waals surface area contributed by atoms with Crippen LogP contribution in [0.2, 0.25) is 0 Å². The van der Waals surface area contributed by atoms with Gasteiger partial charge in [-0.2, -0.15) is 5.10 Å². The minimum absolute atomic E-state index is 0.0737. The number of aliphatic hydroxyl groups excluding tert-OH is 1. The lowest BCUT2D eigenvalue weighted by molar-refractivity contribution is -0.168. The molecule has 1 heterocycles. The summed E-state index contributed by atoms with van der Waals surface area (Å²) in [6, 6.07) is 5.43. The number of amides is 1. The number of halogens is 2. The molecule has 2 bridgehead atoms. The van der Waals surface area contributed by atoms with Crippen LogP contribution < -0.4 is 5.32 Å². The summed E-state index contributed by atoms with van der Waals surface area (Å²) in [4.78, 5) is 12.6. The number of nitrogens with zero attached hydrogens (tertiary/aromatic N) is 2. The van der Waals surface area contributed by atoms with Gasteiger partial charge in [-0.15, -0.1) is 5.10 Å². The van der Waals surface area contributed by atoms with Crippen molar-refractivity contribution in [1.29, 1.82) is 0 Å². The van der Waals surface area contributed by atoms with Gasteiger partial charge in [0.15, 0.2) is 0 Å². The molecule has 2 aromatic rings. The standard InChI is InChI=1S/C23H27F2N3O3/c1-4-18(21(30)26-10-11-29)31-23-9-8-14(22(23,2)3)13-12-17(27-28-20(13)23)19-15(24)6-5-7-16(19)25/h5-7,12,14,18,29H,4,8-11H2,1-3H3,(H,26,30)/t14-,18?,23-/m0/s1. The largest absolute Gasteiger partial charge is 0.395 e. The highest BCUT2D eigenvalue weighted by atomic mass is 19.1. The third kappa shape index (κ3) is 3.24. The second kappa shape index (κ2) is 7.91. The van der Waals surface area contributed by atoms with Crippen molar-refractivity contribution in [3.8, 4) is 11.3 Å². The van der Waals surface area contributed by atoms with Crippen LogP contribution in [0.5, 0.6) is 0 Å². The maximum absolute atomic E-state index is 14.3. The number of carbonyl (C=O) groups is 1. The average Bonchev–Trinajstić information content (AvgIpc) is 3.10. The zero-order chi connectivity index (χ0) is 22.4. The number of nitrogens with one attached hydrogen (secondary N) is 1. The van der Waals surface area contributed by atoms with Crippen LogP contribution in [0.4, 0.5) is 8.78 Å². The smallest absolute Gasteiger partial charge is 0.249 e. The molecule has 1 fully saturated rings. The predicted molar refractivity (Wildman–Crippen MR) is 110 cm³/mol. The molecule has 0 radical (unpaired) electrons. The first-order chi connectivity index (χ1) is 14.8. The van der Waals surface area contributed by atoms with E-state index in [2.05, 4.69) is 29.4 Å². The Hall–Kier alpha value is -2.45. The van der Waals surface area contributed by atoms with E-state index >= 15 is 0 Å². The maximum atomic E-state index is 14.3. The molecule has 2 aliphatic carbocycles. The van der Waals surface area contributed by atoms with Crippen LogP contribution in [0.1, 0.15) is 57.2 Å². The van der Waals surface area contributed by atoms with Crippen LogP contribution in [0, 0.1) is 17.0 Å². The Morgan fingerprint density at radius 1 is 1.32 bits per heavy atom. The summed E-state index contributed by atoms with van der Waals surface area (Å²) in [6.45, 7) is 6.03. The quantitative estimate of drug-likeness (QED) is 0.702. The van der Waals surface area contributed by atoms with Gasteiger partial charge in [0.2, 0.25) is 5.91 Å². The fourth-order valence-corrected chi connectivity index (χ4v) is 5.25. The van der Waals surface area contributed by atoms with E-state index in [1.54, 1.807) is 6.07 Å². The van der Waals surface area contributed by atoms with Gasteiger partial charge in [-0.1, -0.05) is 26.8 Å². The van der Waals surface area contributed by atoms with E-state index in [1.165, 1.54) is 18.2 Å². The molecule has 1 amide bonds. The Balaban J connectivity index is 1.75. The van der Waals surface area contributed by atoms with E-state index in [0.717, 1.165) is 12.0 Å². The summed E-state index contributed by atoms with van der Waals surface area (Å²) in [5.41, 5.74) is 0.283. The lowest BCUT2D eigenvalue weighted by Gasteiger charge is -2.40. The predicted octanol–water partition coefficient (Wildman–Crippen LogP) is 3.44. The van der Waals surface area contributed by atoms with Crippen LogP contribution in [-0.4, -0.2) is 40.5 Å². The molecule has 0 spiro atoms. The monoisotopic (exact) mass is 431 g/mol. The first-order valence-electron chi connectivity index (χ1n) is 10.7. The van der Waals surface area contributed by atoms with Crippen LogP contribution in [0.15, 0.2) is 24.3 Å². The molecule has 0 aliphatic heterocycles. The van der Waals surface area contributed by atoms with Gasteiger partial charge in [-0.3, -0.25) is 4.79 Å². The van der Waals surface area contributed by atoms with E-state index in [1.807, 2.05) is 6.92 Å². The van der Waals surface area contributed by atoms with E-state index in [-0.39, 0.29) is 41.6 Å². The van der Waals surface area contributed by atoms with Gasteiger partial charge < -0.3 is 15.2 Å². The Labute approximate surface area is 180 Å². The molecule has 1 unspecified atom stereocenters. The molecular formula is C23H27F2N3O3. The van der Waals surface area contributed by atoms with Crippen molar-refractivity contribution in [2.75, 3.05) is 13.2 Å². The summed E-state index contributed by atoms with van der Waals surface area (Å²) in [6.07, 6.45) is 1.26. The minimum Gasteiger partial charge on any atom is -0.395 e. The van der Waals surface area contributed by atoms with E-state index in [0.29, 0.717) is 18.5 Å². The van der Waals surface area contributed by atoms with Gasteiger partial charge in [0.1, 0.15) is 23.3 Å². The molecule has 2 N–H and O–H groups in total. The number of aliphatic hydroxyl groups is 1. The maximum Gasteiger partial charge on any atom is 0.249 e. The number of aromatic nitrogens is 2. The highest BCUT2D eigenvalue weighted by molar-refractivity contribution is 5.80. The molecule has 2 aliphatic rings. The van der Waals surface area contributed by atoms with E-state index in [4.69, 9.17) is 9.84 Å². The van der Waals surface area contributed by atoms with Crippen molar-refractivity contribution in [2.24, 2.45) is 5.41 Å². The van der Waals surface area contributed by atoms with Gasteiger partial charge in [0, 0.05) is 12.0 Å². The number of fused-ring (bicyclic) bond motifs is 5. The Bertz CT molecular complexity index is 993. The normalized spacial score (nSPS) is 24.1. The van der Waals surface area contributed by atoms with Gasteiger partial charge in [0.05, 0.1) is 23.6 Å². The molecule has 6 nitrogen and oxygen atoms in total. The summed E-state index contributed by atoms with van der Waals surface area (Å²) in [5.74, 6) is -1.58. The second-order valence-electron chi connectivity index (χ2n) is 8.80. The van der Waals surface area contributed by atoms with Crippen LogP contribution in [-0.2, 0) is 15.1 Å². The zero-order valence-electron chi connectivity index (χ0n) is 17.9. The molecule has 166 valence electrons. The third-order valence-electron chi connectivity index (χ3n) is 6.91. The molecule has 1 saturated carbocycles. The topological polar surface area (TPSA) is 84.3 Å². The Kier molecular flexibility index (Phi) is 5.55. The number of carbonyl (C=O) groups excluding carboxylic acids is 1. The lowest BCUT2D eigenvalue weighted by atomic mass is 9.77. The first kappa shape index (κ1) is 21.8. The minimum atomic E-state index is -0.816. The fraction of sp³-hybridized carbons (Fsp3) is 0.522. The second-order valence-corrected chi connectivity index (χ2v) is 8.80. The summed E-state index contributed by atoms with van der Waals surface area (Å²) >= 11 is 0. The lowest BCUT2D eigenvalue weighted by Crippen LogP contribution is -2.47. The van der Waals surface area contributed by atoms with Gasteiger partial charge in [-0.25, -0.2) is 8.78 Å². The molecule has 4 rings (SSSR count). The third-order valence-corrected chi connectivity index (χ3v) is 6.91. The Morgan fingerprint density at radius 2 is 2.03 bits per heavy atom. The molecule has 0 saturated heterocycles. The Morgan fingerprint density at radius 3 is 2.68 bits per heavy atom. The molecule has 31 heavy (non-hydrogen) atoms. The number of ether oxygens (including phenoxy) is 1. The van der Waals surface area contributed by atoms with Crippen molar-refractivity contribution < 1.29 is 23.4 Å². The van der Waals surface area contributed by atoms with Crippen molar-refractivity contribution in [1.82, 2.24) is 15.5 Å². The van der Waals surface area contributed by atoms with Gasteiger partial charge >= 0.3 is 0 Å². The molecule has 3 atom stereocenters. The molecule has 1 aromatic heterocycles. The number of rotatable bonds is 7. The summed E-state index contributed by atoms with van der Waals surface area (Å²) < 4.78 is 35.1. The summed E-state index contributed by atoms with van der Waals surface area (Å²) in [7, 11) is 0. The zero-order valence-corrected chi connectivity index (χ0v) is 17.9. The number of hydrogen-bond acceptors (Lipinski definition) is 5. The SMILES string of the molecule is CCC(O[C@@]12CC[C@@H](c3cc(-c4c(F)cccc4F)nnc31)C2(C)C)C(=O)NCCO. The molecule has 8 heteroatoms. The van der Waals surface area contributed by atoms with Crippen molar-refractivity contribution in [2.45, 2.75) is 57.7 Å². The van der Waals surface area contributed by atoms with Gasteiger partial charge in [-0.05, 0) is 48.9 Å². The molecule has 1 aromatic carbocycles. The number of benzene rings is 1. The number of hydrogen-bond donors (Lipinski definition) is 2. The first-order valence-corrected chi connectivity index (χ1v) is 10.7. The highest BCUT2D eigenvalue weighted by Crippen LogP contribution is 2.68. The van der Waals surface area contributed by atoms with Crippen LogP contribution in [0.3, 0.4) is 0 Å². The highest BCUT2D eigenvalue weighted by Gasteiger charge is 2.65. The van der Waals surface area contributed by atoms with E-state index in [9.17, 15) is 13.6 Å². The van der Waals surface area contributed by atoms with Crippen molar-refractivity contribution in [3.63, 3.8) is 0 Å². The van der Waals surface area contributed by atoms with E-state index < -0.39 is 23.3 Å². The van der Waals surface area contributed by atoms with Crippen LogP contribution in [0.25, 0.3) is 11.3 Å². The van der Waals surface area contributed by atoms with Crippen LogP contribution >= 0.6 is 0 Å².